The van der Waals surface area contributed by atoms with Gasteiger partial charge in [-0.2, -0.15) is 0 Å². The lowest BCUT2D eigenvalue weighted by atomic mass is 9.92. The Morgan fingerprint density at radius 3 is 2.14 bits per heavy atom. The molecule has 0 aromatic rings. The second-order valence-electron chi connectivity index (χ2n) is 4.58. The number of hydrogen-bond donors (Lipinski definition) is 2. The van der Waals surface area contributed by atoms with Crippen LogP contribution in [0.2, 0.25) is 0 Å². The molecule has 86 valence electrons. The summed E-state index contributed by atoms with van der Waals surface area (Å²) < 4.78 is 24.3. The highest BCUT2D eigenvalue weighted by atomic mass is 32.2. The minimum Gasteiger partial charge on any atom is -0.316 e. The molecule has 2 N–H and O–H groups in total. The van der Waals surface area contributed by atoms with E-state index in [-0.39, 0.29) is 5.75 Å². The van der Waals surface area contributed by atoms with Crippen LogP contribution in [-0.4, -0.2) is 34.3 Å². The first kappa shape index (κ1) is 13.9. The highest BCUT2D eigenvalue weighted by Crippen LogP contribution is 2.16. The minimum absolute atomic E-state index is 0.146. The molecule has 0 rings (SSSR count). The molecule has 0 atom stereocenters. The standard InChI is InChI=1S/C9H22N2O2S/c1-9(2,3)5-6-11-7-8-14(12,13)10-4/h10-11H,5-8H2,1-4H3. The second-order valence-corrected chi connectivity index (χ2v) is 6.63. The Hall–Kier alpha value is -0.130. The van der Waals surface area contributed by atoms with Crippen molar-refractivity contribution in [1.29, 1.82) is 0 Å². The highest BCUT2D eigenvalue weighted by molar-refractivity contribution is 7.89. The third kappa shape index (κ3) is 8.47. The van der Waals surface area contributed by atoms with Crippen LogP contribution in [0.15, 0.2) is 0 Å². The normalized spacial score (nSPS) is 13.1. The van der Waals surface area contributed by atoms with E-state index < -0.39 is 10.0 Å². The van der Waals surface area contributed by atoms with Crippen LogP contribution in [0, 0.1) is 5.41 Å². The fourth-order valence-electron chi connectivity index (χ4n) is 0.897. The molecule has 14 heavy (non-hydrogen) atoms. The van der Waals surface area contributed by atoms with E-state index in [1.54, 1.807) is 0 Å². The van der Waals surface area contributed by atoms with Gasteiger partial charge in [-0.3, -0.25) is 0 Å². The smallest absolute Gasteiger partial charge is 0.212 e. The Morgan fingerprint density at radius 2 is 1.71 bits per heavy atom. The van der Waals surface area contributed by atoms with E-state index in [0.29, 0.717) is 12.0 Å². The van der Waals surface area contributed by atoms with E-state index in [9.17, 15) is 8.42 Å². The maximum atomic E-state index is 11.0. The fourth-order valence-corrected chi connectivity index (χ4v) is 1.51. The van der Waals surface area contributed by atoms with Gasteiger partial charge in [-0.25, -0.2) is 13.1 Å². The average molecular weight is 222 g/mol. The third-order valence-electron chi connectivity index (χ3n) is 1.91. The lowest BCUT2D eigenvalue weighted by Crippen LogP contribution is -2.31. The maximum Gasteiger partial charge on any atom is 0.212 e. The molecule has 0 spiro atoms. The van der Waals surface area contributed by atoms with E-state index >= 15 is 0 Å². The molecule has 0 aromatic carbocycles. The Labute approximate surface area is 87.5 Å². The van der Waals surface area contributed by atoms with Gasteiger partial charge in [0.1, 0.15) is 0 Å². The molecule has 0 radical (unpaired) electrons. The molecule has 5 heteroatoms. The van der Waals surface area contributed by atoms with Crippen LogP contribution >= 0.6 is 0 Å². The van der Waals surface area contributed by atoms with Crippen molar-refractivity contribution in [1.82, 2.24) is 10.0 Å². The van der Waals surface area contributed by atoms with Crippen molar-refractivity contribution in [2.24, 2.45) is 5.41 Å². The number of hydrogen-bond acceptors (Lipinski definition) is 3. The summed E-state index contributed by atoms with van der Waals surface area (Å²) in [7, 11) is -1.61. The molecule has 0 unspecified atom stereocenters. The highest BCUT2D eigenvalue weighted by Gasteiger charge is 2.09. The van der Waals surface area contributed by atoms with Crippen molar-refractivity contribution >= 4 is 10.0 Å². The van der Waals surface area contributed by atoms with Gasteiger partial charge < -0.3 is 5.32 Å². The van der Waals surface area contributed by atoms with Crippen molar-refractivity contribution < 1.29 is 8.42 Å². The Bertz CT molecular complexity index is 242. The molecule has 0 saturated carbocycles. The predicted octanol–water partition coefficient (Wildman–Crippen LogP) is 0.561. The van der Waals surface area contributed by atoms with Gasteiger partial charge in [0.15, 0.2) is 0 Å². The van der Waals surface area contributed by atoms with Crippen molar-refractivity contribution in [3.63, 3.8) is 0 Å². The fraction of sp³-hybridized carbons (Fsp3) is 1.00. The van der Waals surface area contributed by atoms with Crippen molar-refractivity contribution in [3.05, 3.63) is 0 Å². The van der Waals surface area contributed by atoms with Crippen LogP contribution in [0.4, 0.5) is 0 Å². The topological polar surface area (TPSA) is 58.2 Å². The summed E-state index contributed by atoms with van der Waals surface area (Å²) in [5, 5.41) is 3.11. The van der Waals surface area contributed by atoms with Crippen LogP contribution in [0.5, 0.6) is 0 Å². The summed E-state index contributed by atoms with van der Waals surface area (Å²) in [6.07, 6.45) is 1.05. The van der Waals surface area contributed by atoms with Crippen LogP contribution in [0.25, 0.3) is 0 Å². The SMILES string of the molecule is CNS(=O)(=O)CCNCCC(C)(C)C. The zero-order valence-electron chi connectivity index (χ0n) is 9.55. The Morgan fingerprint density at radius 1 is 1.14 bits per heavy atom. The Balaban J connectivity index is 3.49. The van der Waals surface area contributed by atoms with E-state index in [1.807, 2.05) is 0 Å². The van der Waals surface area contributed by atoms with E-state index in [1.165, 1.54) is 7.05 Å². The molecule has 0 aliphatic heterocycles. The molecule has 0 bridgehead atoms. The largest absolute Gasteiger partial charge is 0.316 e. The van der Waals surface area contributed by atoms with Gasteiger partial charge in [-0.15, -0.1) is 0 Å². The molecule has 0 heterocycles. The van der Waals surface area contributed by atoms with E-state index in [4.69, 9.17) is 0 Å². The summed E-state index contributed by atoms with van der Waals surface area (Å²) in [5.74, 6) is 0.146. The zero-order chi connectivity index (χ0) is 11.2. The lowest BCUT2D eigenvalue weighted by molar-refractivity contribution is 0.369. The van der Waals surface area contributed by atoms with Gasteiger partial charge in [0.2, 0.25) is 10.0 Å². The first-order valence-corrected chi connectivity index (χ1v) is 6.54. The summed E-state index contributed by atoms with van der Waals surface area (Å²) >= 11 is 0. The second kappa shape index (κ2) is 5.68. The van der Waals surface area contributed by atoms with E-state index in [0.717, 1.165) is 13.0 Å². The number of nitrogens with one attached hydrogen (secondary N) is 2. The molecule has 0 fully saturated rings. The molecule has 0 aromatic heterocycles. The van der Waals surface area contributed by atoms with Gasteiger partial charge in [0.25, 0.3) is 0 Å². The summed E-state index contributed by atoms with van der Waals surface area (Å²) in [4.78, 5) is 0. The average Bonchev–Trinajstić information content (AvgIpc) is 2.01. The van der Waals surface area contributed by atoms with Gasteiger partial charge in [-0.05, 0) is 25.4 Å². The molecule has 0 saturated heterocycles. The predicted molar refractivity (Wildman–Crippen MR) is 59.8 cm³/mol. The maximum absolute atomic E-state index is 11.0. The number of sulfonamides is 1. The van der Waals surface area contributed by atoms with Crippen LogP contribution < -0.4 is 10.0 Å². The quantitative estimate of drug-likeness (QED) is 0.646. The zero-order valence-corrected chi connectivity index (χ0v) is 10.4. The van der Waals surface area contributed by atoms with Gasteiger partial charge in [0, 0.05) is 6.54 Å². The molecule has 4 nitrogen and oxygen atoms in total. The van der Waals surface area contributed by atoms with Gasteiger partial charge in [-0.1, -0.05) is 20.8 Å². The lowest BCUT2D eigenvalue weighted by Gasteiger charge is -2.17. The molecule has 0 amide bonds. The summed E-state index contributed by atoms with van der Waals surface area (Å²) in [5.41, 5.74) is 0.300. The molecule has 0 aliphatic carbocycles. The van der Waals surface area contributed by atoms with Crippen LogP contribution in [0.3, 0.4) is 0 Å². The summed E-state index contributed by atoms with van der Waals surface area (Å²) in [6, 6.07) is 0. The molecule has 0 aliphatic rings. The molecular weight excluding hydrogens is 200 g/mol. The monoisotopic (exact) mass is 222 g/mol. The minimum atomic E-state index is -3.05. The van der Waals surface area contributed by atoms with Gasteiger partial charge in [0.05, 0.1) is 5.75 Å². The first-order chi connectivity index (χ1) is 6.27. The van der Waals surface area contributed by atoms with Crippen LogP contribution in [0.1, 0.15) is 27.2 Å². The van der Waals surface area contributed by atoms with Crippen molar-refractivity contribution in [3.8, 4) is 0 Å². The van der Waals surface area contributed by atoms with Gasteiger partial charge >= 0.3 is 0 Å². The summed E-state index contributed by atoms with van der Waals surface area (Å²) in [6.45, 7) is 7.87. The first-order valence-electron chi connectivity index (χ1n) is 4.89. The Kier molecular flexibility index (Phi) is 5.63. The molecular formula is C9H22N2O2S. The van der Waals surface area contributed by atoms with Crippen molar-refractivity contribution in [2.75, 3.05) is 25.9 Å². The van der Waals surface area contributed by atoms with Crippen LogP contribution in [-0.2, 0) is 10.0 Å². The third-order valence-corrected chi connectivity index (χ3v) is 3.27. The van der Waals surface area contributed by atoms with Crippen molar-refractivity contribution in [2.45, 2.75) is 27.2 Å². The van der Waals surface area contributed by atoms with E-state index in [2.05, 4.69) is 30.8 Å². The number of rotatable bonds is 6.